The van der Waals surface area contributed by atoms with Crippen LogP contribution >= 0.6 is 0 Å². The van der Waals surface area contributed by atoms with Gasteiger partial charge in [-0.05, 0) is 61.3 Å². The van der Waals surface area contributed by atoms with Crippen LogP contribution in [-0.2, 0) is 9.59 Å². The summed E-state index contributed by atoms with van der Waals surface area (Å²) in [5.41, 5.74) is 0.285. The fourth-order valence-electron chi connectivity index (χ4n) is 3.67. The van der Waals surface area contributed by atoms with E-state index in [-0.39, 0.29) is 35.6 Å². The Bertz CT molecular complexity index is 649. The quantitative estimate of drug-likeness (QED) is 0.898. The minimum Gasteiger partial charge on any atom is -0.481 e. The highest BCUT2D eigenvalue weighted by atomic mass is 19.1. The van der Waals surface area contributed by atoms with Crippen LogP contribution < -0.4 is 0 Å². The van der Waals surface area contributed by atoms with E-state index in [1.165, 1.54) is 6.07 Å². The maximum absolute atomic E-state index is 13.8. The summed E-state index contributed by atoms with van der Waals surface area (Å²) in [4.78, 5) is 25.1. The Morgan fingerprint density at radius 2 is 2.08 bits per heavy atom. The number of nitrogens with zero attached hydrogens (tertiary/aromatic N) is 1. The molecule has 2 aliphatic rings. The molecule has 1 aromatic rings. The minimum atomic E-state index is -0.817. The predicted molar refractivity (Wildman–Crippen MR) is 83.4 cm³/mol. The van der Waals surface area contributed by atoms with Crippen molar-refractivity contribution in [2.24, 2.45) is 11.8 Å². The first-order valence-electron chi connectivity index (χ1n) is 8.41. The van der Waals surface area contributed by atoms with Crippen LogP contribution in [0, 0.1) is 23.5 Å². The number of piperidine rings is 1. The Morgan fingerprint density at radius 1 is 1.29 bits per heavy atom. The molecule has 24 heavy (non-hydrogen) atoms. The third-order valence-electron chi connectivity index (χ3n) is 5.06. The molecule has 0 bridgehead atoms. The van der Waals surface area contributed by atoms with Gasteiger partial charge in [-0.3, -0.25) is 9.59 Å². The van der Waals surface area contributed by atoms with Gasteiger partial charge in [0.15, 0.2) is 0 Å². The van der Waals surface area contributed by atoms with Crippen molar-refractivity contribution >= 4 is 11.9 Å². The maximum Gasteiger partial charge on any atom is 0.303 e. The summed E-state index contributed by atoms with van der Waals surface area (Å²) in [5, 5.41) is 8.78. The summed E-state index contributed by atoms with van der Waals surface area (Å²) in [7, 11) is 0. The van der Waals surface area contributed by atoms with Gasteiger partial charge in [0.05, 0.1) is 0 Å². The third kappa shape index (κ3) is 3.74. The second kappa shape index (κ2) is 6.87. The van der Waals surface area contributed by atoms with E-state index >= 15 is 0 Å². The Labute approximate surface area is 139 Å². The SMILES string of the molecule is O=C(O)CCC1CCCN(C(=O)C2CC2c2cc(F)ccc2F)C1. The highest BCUT2D eigenvalue weighted by Gasteiger charge is 2.47. The maximum atomic E-state index is 13.8. The second-order valence-electron chi connectivity index (χ2n) is 6.84. The average Bonchev–Trinajstić information content (AvgIpc) is 3.35. The number of amides is 1. The number of hydrogen-bond acceptors (Lipinski definition) is 2. The van der Waals surface area contributed by atoms with E-state index < -0.39 is 17.6 Å². The molecule has 3 unspecified atom stereocenters. The van der Waals surface area contributed by atoms with Gasteiger partial charge in [-0.15, -0.1) is 0 Å². The molecule has 3 rings (SSSR count). The molecule has 1 saturated carbocycles. The van der Waals surface area contributed by atoms with E-state index in [1.807, 2.05) is 0 Å². The Balaban J connectivity index is 1.59. The molecule has 4 nitrogen and oxygen atoms in total. The van der Waals surface area contributed by atoms with Crippen molar-refractivity contribution in [3.05, 3.63) is 35.4 Å². The molecule has 1 amide bonds. The number of aliphatic carboxylic acids is 1. The number of benzene rings is 1. The number of hydrogen-bond donors (Lipinski definition) is 1. The summed E-state index contributed by atoms with van der Waals surface area (Å²) >= 11 is 0. The monoisotopic (exact) mass is 337 g/mol. The Hall–Kier alpha value is -1.98. The van der Waals surface area contributed by atoms with Crippen molar-refractivity contribution in [3.63, 3.8) is 0 Å². The fourth-order valence-corrected chi connectivity index (χ4v) is 3.67. The van der Waals surface area contributed by atoms with Crippen LogP contribution in [0.3, 0.4) is 0 Å². The van der Waals surface area contributed by atoms with Crippen LogP contribution in [0.5, 0.6) is 0 Å². The second-order valence-corrected chi connectivity index (χ2v) is 6.84. The molecular formula is C18H21F2NO3. The van der Waals surface area contributed by atoms with Crippen molar-refractivity contribution in [2.45, 2.75) is 38.0 Å². The highest BCUT2D eigenvalue weighted by Crippen LogP contribution is 2.49. The van der Waals surface area contributed by atoms with Gasteiger partial charge < -0.3 is 10.0 Å². The van der Waals surface area contributed by atoms with Gasteiger partial charge in [0.25, 0.3) is 0 Å². The number of carboxylic acids is 1. The van der Waals surface area contributed by atoms with E-state index in [0.29, 0.717) is 25.9 Å². The first-order chi connectivity index (χ1) is 11.5. The zero-order chi connectivity index (χ0) is 17.3. The number of carbonyl (C=O) groups excluding carboxylic acids is 1. The van der Waals surface area contributed by atoms with Gasteiger partial charge in [0, 0.05) is 25.4 Å². The summed E-state index contributed by atoms with van der Waals surface area (Å²) in [5.74, 6) is -2.09. The Morgan fingerprint density at radius 3 is 2.83 bits per heavy atom. The molecular weight excluding hydrogens is 316 g/mol. The molecule has 0 spiro atoms. The van der Waals surface area contributed by atoms with Crippen molar-refractivity contribution in [3.8, 4) is 0 Å². The van der Waals surface area contributed by atoms with E-state index in [0.717, 1.165) is 25.0 Å². The molecule has 1 aromatic carbocycles. The number of rotatable bonds is 5. The number of likely N-dealkylation sites (tertiary alicyclic amines) is 1. The molecule has 6 heteroatoms. The fraction of sp³-hybridized carbons (Fsp3) is 0.556. The van der Waals surface area contributed by atoms with Crippen LogP contribution in [0.15, 0.2) is 18.2 Å². The molecule has 1 saturated heterocycles. The predicted octanol–water partition coefficient (Wildman–Crippen LogP) is 3.17. The van der Waals surface area contributed by atoms with Gasteiger partial charge in [-0.25, -0.2) is 8.78 Å². The summed E-state index contributed by atoms with van der Waals surface area (Å²) in [6.07, 6.45) is 3.04. The topological polar surface area (TPSA) is 57.6 Å². The first-order valence-corrected chi connectivity index (χ1v) is 8.41. The largest absolute Gasteiger partial charge is 0.481 e. The Kier molecular flexibility index (Phi) is 4.83. The van der Waals surface area contributed by atoms with Gasteiger partial charge >= 0.3 is 5.97 Å². The van der Waals surface area contributed by atoms with Gasteiger partial charge in [-0.2, -0.15) is 0 Å². The molecule has 130 valence electrons. The summed E-state index contributed by atoms with van der Waals surface area (Å²) < 4.78 is 27.1. The lowest BCUT2D eigenvalue weighted by atomic mass is 9.93. The molecule has 1 heterocycles. The van der Waals surface area contributed by atoms with Crippen molar-refractivity contribution < 1.29 is 23.5 Å². The van der Waals surface area contributed by atoms with Crippen LogP contribution in [0.4, 0.5) is 8.78 Å². The van der Waals surface area contributed by atoms with Gasteiger partial charge in [0.2, 0.25) is 5.91 Å². The molecule has 3 atom stereocenters. The summed E-state index contributed by atoms with van der Waals surface area (Å²) in [6.45, 7) is 1.23. The number of halogens is 2. The van der Waals surface area contributed by atoms with Gasteiger partial charge in [-0.1, -0.05) is 0 Å². The van der Waals surface area contributed by atoms with E-state index in [4.69, 9.17) is 5.11 Å². The normalized spacial score (nSPS) is 26.2. The van der Waals surface area contributed by atoms with Gasteiger partial charge in [0.1, 0.15) is 11.6 Å². The van der Waals surface area contributed by atoms with Crippen molar-refractivity contribution in [2.75, 3.05) is 13.1 Å². The lowest BCUT2D eigenvalue weighted by Gasteiger charge is -2.33. The molecule has 2 fully saturated rings. The first kappa shape index (κ1) is 16.9. The number of carboxylic acid groups (broad SMARTS) is 1. The molecule has 0 aromatic heterocycles. The highest BCUT2D eigenvalue weighted by molar-refractivity contribution is 5.83. The molecule has 1 aliphatic heterocycles. The van der Waals surface area contributed by atoms with Crippen molar-refractivity contribution in [1.82, 2.24) is 4.90 Å². The van der Waals surface area contributed by atoms with E-state index in [2.05, 4.69) is 0 Å². The average molecular weight is 337 g/mol. The van der Waals surface area contributed by atoms with E-state index in [1.54, 1.807) is 4.90 Å². The van der Waals surface area contributed by atoms with Crippen molar-refractivity contribution in [1.29, 1.82) is 0 Å². The van der Waals surface area contributed by atoms with Crippen LogP contribution in [-0.4, -0.2) is 35.0 Å². The lowest BCUT2D eigenvalue weighted by molar-refractivity contribution is -0.137. The molecule has 1 N–H and O–H groups in total. The zero-order valence-corrected chi connectivity index (χ0v) is 13.4. The third-order valence-corrected chi connectivity index (χ3v) is 5.06. The van der Waals surface area contributed by atoms with Crippen LogP contribution in [0.1, 0.15) is 43.6 Å². The number of carbonyl (C=O) groups is 2. The van der Waals surface area contributed by atoms with E-state index in [9.17, 15) is 18.4 Å². The standard InChI is InChI=1S/C18H21F2NO3/c19-12-4-5-16(20)14(8-12)13-9-15(13)18(24)21-7-1-2-11(10-21)3-6-17(22)23/h4-5,8,11,13,15H,1-3,6-7,9-10H2,(H,22,23). The molecule has 1 aliphatic carbocycles. The summed E-state index contributed by atoms with van der Waals surface area (Å²) in [6, 6.07) is 3.36. The van der Waals surface area contributed by atoms with Crippen LogP contribution in [0.25, 0.3) is 0 Å². The van der Waals surface area contributed by atoms with Crippen LogP contribution in [0.2, 0.25) is 0 Å². The lowest BCUT2D eigenvalue weighted by Crippen LogP contribution is -2.41. The zero-order valence-electron chi connectivity index (χ0n) is 13.4. The minimum absolute atomic E-state index is 0.0105. The smallest absolute Gasteiger partial charge is 0.303 e. The molecule has 0 radical (unpaired) electrons.